The first kappa shape index (κ1) is 15.7. The number of nitrogens with one attached hydrogen (secondary N) is 1. The van der Waals surface area contributed by atoms with Gasteiger partial charge in [-0.1, -0.05) is 6.07 Å². The van der Waals surface area contributed by atoms with Gasteiger partial charge >= 0.3 is 5.97 Å². The number of esters is 1. The first-order valence-corrected chi connectivity index (χ1v) is 8.00. The van der Waals surface area contributed by atoms with Crippen LogP contribution in [-0.4, -0.2) is 28.7 Å². The number of ether oxygens (including phenoxy) is 1. The van der Waals surface area contributed by atoms with Crippen molar-refractivity contribution < 1.29 is 9.53 Å². The van der Waals surface area contributed by atoms with Gasteiger partial charge in [0.25, 0.3) is 0 Å². The molecule has 0 aliphatic rings. The first-order chi connectivity index (χ1) is 10.2. The Kier molecular flexibility index (Phi) is 5.95. The minimum atomic E-state index is -0.135. The molecule has 0 aliphatic carbocycles. The van der Waals surface area contributed by atoms with Crippen LogP contribution in [0.15, 0.2) is 29.9 Å². The Hall–Kier alpha value is -1.66. The number of hydrogen-bond acceptors (Lipinski definition) is 5. The van der Waals surface area contributed by atoms with Crippen LogP contribution in [0.5, 0.6) is 0 Å². The van der Waals surface area contributed by atoms with Gasteiger partial charge in [0.2, 0.25) is 0 Å². The predicted molar refractivity (Wildman–Crippen MR) is 83.2 cm³/mol. The molecule has 0 fully saturated rings. The van der Waals surface area contributed by atoms with Gasteiger partial charge in [-0.15, -0.1) is 11.3 Å². The summed E-state index contributed by atoms with van der Waals surface area (Å²) in [7, 11) is 1.99. The van der Waals surface area contributed by atoms with E-state index in [4.69, 9.17) is 4.74 Å². The average Bonchev–Trinajstić information content (AvgIpc) is 3.11. The molecular weight excluding hydrogens is 286 g/mol. The van der Waals surface area contributed by atoms with Crippen molar-refractivity contribution >= 4 is 17.3 Å². The summed E-state index contributed by atoms with van der Waals surface area (Å²) in [5.41, 5.74) is 0. The van der Waals surface area contributed by atoms with Crippen LogP contribution in [0.2, 0.25) is 0 Å². The molecule has 1 N–H and O–H groups in total. The maximum absolute atomic E-state index is 11.3. The van der Waals surface area contributed by atoms with Crippen LogP contribution in [0.3, 0.4) is 0 Å². The van der Waals surface area contributed by atoms with Crippen LogP contribution in [0.4, 0.5) is 0 Å². The molecule has 0 saturated carbocycles. The molecular formula is C15H21N3O2S. The van der Waals surface area contributed by atoms with Gasteiger partial charge in [-0.3, -0.25) is 4.79 Å². The number of imidazole rings is 1. The Labute approximate surface area is 129 Å². The summed E-state index contributed by atoms with van der Waals surface area (Å²) in [6, 6.07) is 4.20. The Balaban J connectivity index is 1.92. The fraction of sp³-hybridized carbons (Fsp3) is 0.467. The van der Waals surface area contributed by atoms with E-state index in [0.29, 0.717) is 13.0 Å². The molecule has 2 aromatic rings. The lowest BCUT2D eigenvalue weighted by atomic mass is 10.2. The minimum Gasteiger partial charge on any atom is -0.466 e. The van der Waals surface area contributed by atoms with Gasteiger partial charge in [0.15, 0.2) is 0 Å². The molecule has 2 heterocycles. The van der Waals surface area contributed by atoms with Gasteiger partial charge in [0.1, 0.15) is 11.9 Å². The van der Waals surface area contributed by atoms with E-state index in [9.17, 15) is 4.79 Å². The predicted octanol–water partition coefficient (Wildman–Crippen LogP) is 2.50. The van der Waals surface area contributed by atoms with Crippen molar-refractivity contribution in [3.63, 3.8) is 0 Å². The number of rotatable bonds is 8. The highest BCUT2D eigenvalue weighted by Gasteiger charge is 2.18. The van der Waals surface area contributed by atoms with Crippen molar-refractivity contribution in [2.45, 2.75) is 25.8 Å². The molecule has 0 amide bonds. The van der Waals surface area contributed by atoms with Crippen LogP contribution in [0.1, 0.15) is 36.5 Å². The third-order valence-corrected chi connectivity index (χ3v) is 4.09. The zero-order valence-corrected chi connectivity index (χ0v) is 13.2. The van der Waals surface area contributed by atoms with E-state index in [-0.39, 0.29) is 12.0 Å². The molecule has 5 nitrogen and oxygen atoms in total. The van der Waals surface area contributed by atoms with Crippen LogP contribution in [-0.2, 0) is 16.6 Å². The van der Waals surface area contributed by atoms with Crippen molar-refractivity contribution in [3.05, 3.63) is 40.6 Å². The summed E-state index contributed by atoms with van der Waals surface area (Å²) >= 11 is 1.70. The number of aromatic nitrogens is 2. The van der Waals surface area contributed by atoms with Gasteiger partial charge in [0, 0.05) is 30.7 Å². The highest BCUT2D eigenvalue weighted by atomic mass is 32.1. The van der Waals surface area contributed by atoms with E-state index in [0.717, 1.165) is 18.8 Å². The Morgan fingerprint density at radius 1 is 1.57 bits per heavy atom. The maximum atomic E-state index is 11.3. The molecule has 0 aromatic carbocycles. The summed E-state index contributed by atoms with van der Waals surface area (Å²) in [6.07, 6.45) is 4.94. The van der Waals surface area contributed by atoms with Gasteiger partial charge in [-0.05, 0) is 31.3 Å². The molecule has 1 unspecified atom stereocenters. The summed E-state index contributed by atoms with van der Waals surface area (Å²) in [5.74, 6) is 0.845. The molecule has 2 rings (SSSR count). The van der Waals surface area contributed by atoms with E-state index in [2.05, 4.69) is 21.7 Å². The molecule has 1 atom stereocenters. The summed E-state index contributed by atoms with van der Waals surface area (Å²) < 4.78 is 6.95. The number of nitrogens with zero attached hydrogens (tertiary/aromatic N) is 2. The van der Waals surface area contributed by atoms with Gasteiger partial charge < -0.3 is 14.6 Å². The molecule has 0 radical (unpaired) electrons. The molecule has 21 heavy (non-hydrogen) atoms. The second-order valence-electron chi connectivity index (χ2n) is 4.71. The monoisotopic (exact) mass is 307 g/mol. The molecule has 2 aromatic heterocycles. The lowest BCUT2D eigenvalue weighted by molar-refractivity contribution is -0.143. The molecule has 0 spiro atoms. The van der Waals surface area contributed by atoms with Gasteiger partial charge in [-0.2, -0.15) is 0 Å². The molecule has 114 valence electrons. The van der Waals surface area contributed by atoms with Crippen LogP contribution in [0, 0.1) is 0 Å². The van der Waals surface area contributed by atoms with Crippen molar-refractivity contribution in [2.24, 2.45) is 7.05 Å². The standard InChI is InChI=1S/C15H21N3O2S/c1-3-20-13(19)7-4-8-16-14(12-6-5-11-21-12)15-17-9-10-18(15)2/h5-6,9-11,14,16H,3-4,7-8H2,1-2H3. The van der Waals surface area contributed by atoms with Crippen LogP contribution >= 0.6 is 11.3 Å². The van der Waals surface area contributed by atoms with Gasteiger partial charge in [-0.25, -0.2) is 4.98 Å². The smallest absolute Gasteiger partial charge is 0.305 e. The third-order valence-electron chi connectivity index (χ3n) is 3.16. The molecule has 0 saturated heterocycles. The van der Waals surface area contributed by atoms with E-state index in [1.807, 2.05) is 30.8 Å². The van der Waals surface area contributed by atoms with Crippen molar-refractivity contribution in [3.8, 4) is 0 Å². The largest absolute Gasteiger partial charge is 0.466 e. The average molecular weight is 307 g/mol. The lowest BCUT2D eigenvalue weighted by Crippen LogP contribution is -2.25. The fourth-order valence-corrected chi connectivity index (χ4v) is 2.94. The Morgan fingerprint density at radius 2 is 2.43 bits per heavy atom. The molecule has 0 aliphatic heterocycles. The second kappa shape index (κ2) is 7.95. The topological polar surface area (TPSA) is 56.1 Å². The number of hydrogen-bond donors (Lipinski definition) is 1. The number of thiophene rings is 1. The molecule has 6 heteroatoms. The van der Waals surface area contributed by atoms with Crippen molar-refractivity contribution in [2.75, 3.05) is 13.2 Å². The Bertz CT molecular complexity index is 551. The van der Waals surface area contributed by atoms with E-state index < -0.39 is 0 Å². The SMILES string of the molecule is CCOC(=O)CCCNC(c1cccs1)c1nccn1C. The van der Waals surface area contributed by atoms with Crippen LogP contribution in [0.25, 0.3) is 0 Å². The van der Waals surface area contributed by atoms with E-state index in [1.165, 1.54) is 4.88 Å². The third kappa shape index (κ3) is 4.41. The fourth-order valence-electron chi connectivity index (χ4n) is 2.14. The quantitative estimate of drug-likeness (QED) is 0.601. The molecule has 0 bridgehead atoms. The van der Waals surface area contributed by atoms with Gasteiger partial charge in [0.05, 0.1) is 6.61 Å². The maximum Gasteiger partial charge on any atom is 0.305 e. The van der Waals surface area contributed by atoms with Crippen LogP contribution < -0.4 is 5.32 Å². The number of carbonyl (C=O) groups is 1. The number of carbonyl (C=O) groups excluding carboxylic acids is 1. The zero-order chi connectivity index (χ0) is 15.1. The second-order valence-corrected chi connectivity index (χ2v) is 5.69. The highest BCUT2D eigenvalue weighted by molar-refractivity contribution is 7.10. The minimum absolute atomic E-state index is 0.0622. The first-order valence-electron chi connectivity index (χ1n) is 7.12. The lowest BCUT2D eigenvalue weighted by Gasteiger charge is -2.17. The number of aryl methyl sites for hydroxylation is 1. The van der Waals surface area contributed by atoms with Crippen molar-refractivity contribution in [1.82, 2.24) is 14.9 Å². The summed E-state index contributed by atoms with van der Waals surface area (Å²) in [4.78, 5) is 17.0. The van der Waals surface area contributed by atoms with Crippen molar-refractivity contribution in [1.29, 1.82) is 0 Å². The normalized spacial score (nSPS) is 12.3. The van der Waals surface area contributed by atoms with E-state index in [1.54, 1.807) is 17.5 Å². The summed E-state index contributed by atoms with van der Waals surface area (Å²) in [5, 5.41) is 5.54. The summed E-state index contributed by atoms with van der Waals surface area (Å²) in [6.45, 7) is 3.01. The Morgan fingerprint density at radius 3 is 3.05 bits per heavy atom. The van der Waals surface area contributed by atoms with E-state index >= 15 is 0 Å². The zero-order valence-electron chi connectivity index (χ0n) is 12.4. The highest BCUT2D eigenvalue weighted by Crippen LogP contribution is 2.24.